The van der Waals surface area contributed by atoms with Crippen LogP contribution in [0.2, 0.25) is 0 Å². The molecule has 0 unspecified atom stereocenters. The molecule has 1 amide bonds. The van der Waals surface area contributed by atoms with Crippen LogP contribution in [0.4, 0.5) is 16.2 Å². The van der Waals surface area contributed by atoms with Crippen LogP contribution in [0.25, 0.3) is 0 Å². The molecule has 2 aromatic carbocycles. The van der Waals surface area contributed by atoms with Gasteiger partial charge in [0.2, 0.25) is 0 Å². The molecule has 1 fully saturated rings. The molecule has 2 aromatic rings. The second-order valence-corrected chi connectivity index (χ2v) is 5.73. The molecule has 1 aliphatic heterocycles. The van der Waals surface area contributed by atoms with Gasteiger partial charge in [0.25, 0.3) is 0 Å². The summed E-state index contributed by atoms with van der Waals surface area (Å²) < 4.78 is 0. The Labute approximate surface area is 136 Å². The molecule has 2 N–H and O–H groups in total. The molecule has 120 valence electrons. The van der Waals surface area contributed by atoms with E-state index in [-0.39, 0.29) is 0 Å². The summed E-state index contributed by atoms with van der Waals surface area (Å²) in [5.74, 6) is 0. The highest BCUT2D eigenvalue weighted by molar-refractivity contribution is 5.65. The summed E-state index contributed by atoms with van der Waals surface area (Å²) in [5, 5.41) is 12.3. The van der Waals surface area contributed by atoms with E-state index in [1.807, 2.05) is 30.3 Å². The fourth-order valence-corrected chi connectivity index (χ4v) is 2.74. The van der Waals surface area contributed by atoms with Crippen molar-refractivity contribution >= 4 is 17.5 Å². The molecule has 3 rings (SSSR count). The van der Waals surface area contributed by atoms with E-state index in [0.717, 1.165) is 31.0 Å². The summed E-state index contributed by atoms with van der Waals surface area (Å²) in [6.07, 6.45) is -0.819. The van der Waals surface area contributed by atoms with Crippen LogP contribution in [-0.2, 0) is 6.54 Å². The largest absolute Gasteiger partial charge is 0.465 e. The number of hydrogen-bond acceptors (Lipinski definition) is 3. The first-order chi connectivity index (χ1) is 11.2. The maximum absolute atomic E-state index is 10.9. The second kappa shape index (κ2) is 7.15. The number of piperazine rings is 1. The molecule has 5 heteroatoms. The zero-order chi connectivity index (χ0) is 16.1. The van der Waals surface area contributed by atoms with Crippen molar-refractivity contribution in [3.8, 4) is 0 Å². The first kappa shape index (κ1) is 15.4. The van der Waals surface area contributed by atoms with Gasteiger partial charge < -0.3 is 15.3 Å². The van der Waals surface area contributed by atoms with E-state index in [0.29, 0.717) is 13.1 Å². The molecular weight excluding hydrogens is 290 g/mol. The van der Waals surface area contributed by atoms with Gasteiger partial charge in [0.05, 0.1) is 0 Å². The standard InChI is InChI=1S/C18H21N3O2/c22-18(23)21-12-10-20(11-13-21)14-15-6-8-17(9-7-15)19-16-4-2-1-3-5-16/h1-9,19H,10-14H2,(H,22,23). The molecule has 1 heterocycles. The van der Waals surface area contributed by atoms with Crippen LogP contribution in [0.5, 0.6) is 0 Å². The Bertz CT molecular complexity index is 635. The van der Waals surface area contributed by atoms with Crippen molar-refractivity contribution in [1.82, 2.24) is 9.80 Å². The number of amides is 1. The van der Waals surface area contributed by atoms with Crippen molar-refractivity contribution in [3.63, 3.8) is 0 Å². The lowest BCUT2D eigenvalue weighted by atomic mass is 10.1. The number of carbonyl (C=O) groups is 1. The molecule has 0 bridgehead atoms. The highest BCUT2D eigenvalue weighted by Gasteiger charge is 2.20. The van der Waals surface area contributed by atoms with Crippen molar-refractivity contribution in [1.29, 1.82) is 0 Å². The van der Waals surface area contributed by atoms with Gasteiger partial charge in [0, 0.05) is 44.1 Å². The number of rotatable bonds is 4. The average Bonchev–Trinajstić information content (AvgIpc) is 2.58. The van der Waals surface area contributed by atoms with Crippen molar-refractivity contribution in [2.45, 2.75) is 6.54 Å². The summed E-state index contributed by atoms with van der Waals surface area (Å²) in [5.41, 5.74) is 3.38. The zero-order valence-corrected chi connectivity index (χ0v) is 13.0. The fraction of sp³-hybridized carbons (Fsp3) is 0.278. The Morgan fingerprint density at radius 3 is 2.13 bits per heavy atom. The Morgan fingerprint density at radius 1 is 0.913 bits per heavy atom. The maximum atomic E-state index is 10.9. The van der Waals surface area contributed by atoms with Crippen LogP contribution >= 0.6 is 0 Å². The summed E-state index contributed by atoms with van der Waals surface area (Å²) >= 11 is 0. The highest BCUT2D eigenvalue weighted by Crippen LogP contribution is 2.17. The normalized spacial score (nSPS) is 15.4. The molecule has 1 aliphatic rings. The second-order valence-electron chi connectivity index (χ2n) is 5.73. The molecule has 0 aromatic heterocycles. The number of nitrogens with one attached hydrogen (secondary N) is 1. The third-order valence-corrected chi connectivity index (χ3v) is 4.07. The molecule has 1 saturated heterocycles. The lowest BCUT2D eigenvalue weighted by Crippen LogP contribution is -2.47. The summed E-state index contributed by atoms with van der Waals surface area (Å²) in [6, 6.07) is 18.5. The maximum Gasteiger partial charge on any atom is 0.407 e. The monoisotopic (exact) mass is 311 g/mol. The van der Waals surface area contributed by atoms with E-state index in [4.69, 9.17) is 5.11 Å². The van der Waals surface area contributed by atoms with Gasteiger partial charge in [0.15, 0.2) is 0 Å². The van der Waals surface area contributed by atoms with Gasteiger partial charge in [-0.2, -0.15) is 0 Å². The molecule has 0 saturated carbocycles. The molecule has 5 nitrogen and oxygen atoms in total. The van der Waals surface area contributed by atoms with Crippen LogP contribution in [0, 0.1) is 0 Å². The molecule has 0 spiro atoms. The van der Waals surface area contributed by atoms with Gasteiger partial charge in [-0.25, -0.2) is 4.79 Å². The summed E-state index contributed by atoms with van der Waals surface area (Å²) in [6.45, 7) is 3.61. The number of anilines is 2. The van der Waals surface area contributed by atoms with Crippen molar-refractivity contribution < 1.29 is 9.90 Å². The minimum Gasteiger partial charge on any atom is -0.465 e. The highest BCUT2D eigenvalue weighted by atomic mass is 16.4. The van der Waals surface area contributed by atoms with Gasteiger partial charge in [-0.15, -0.1) is 0 Å². The topological polar surface area (TPSA) is 55.8 Å². The van der Waals surface area contributed by atoms with Crippen LogP contribution < -0.4 is 5.32 Å². The molecule has 0 atom stereocenters. The summed E-state index contributed by atoms with van der Waals surface area (Å²) in [4.78, 5) is 14.7. The molecular formula is C18H21N3O2. The lowest BCUT2D eigenvalue weighted by Gasteiger charge is -2.33. The Morgan fingerprint density at radius 2 is 1.52 bits per heavy atom. The first-order valence-electron chi connectivity index (χ1n) is 7.82. The average molecular weight is 311 g/mol. The Hall–Kier alpha value is -2.53. The van der Waals surface area contributed by atoms with Gasteiger partial charge in [0.1, 0.15) is 0 Å². The van der Waals surface area contributed by atoms with Crippen molar-refractivity contribution in [2.75, 3.05) is 31.5 Å². The van der Waals surface area contributed by atoms with Crippen LogP contribution in [0.1, 0.15) is 5.56 Å². The van der Waals surface area contributed by atoms with Gasteiger partial charge in [-0.3, -0.25) is 4.90 Å². The van der Waals surface area contributed by atoms with E-state index in [2.05, 4.69) is 34.5 Å². The zero-order valence-electron chi connectivity index (χ0n) is 13.0. The lowest BCUT2D eigenvalue weighted by molar-refractivity contribution is 0.103. The van der Waals surface area contributed by atoms with E-state index < -0.39 is 6.09 Å². The Balaban J connectivity index is 1.53. The molecule has 0 radical (unpaired) electrons. The van der Waals surface area contributed by atoms with Crippen LogP contribution in [0.3, 0.4) is 0 Å². The number of benzene rings is 2. The van der Waals surface area contributed by atoms with E-state index in [9.17, 15) is 4.79 Å². The summed E-state index contributed by atoms with van der Waals surface area (Å²) in [7, 11) is 0. The number of para-hydroxylation sites is 1. The third kappa shape index (κ3) is 4.23. The quantitative estimate of drug-likeness (QED) is 0.910. The molecule has 0 aliphatic carbocycles. The van der Waals surface area contributed by atoms with Gasteiger partial charge in [-0.05, 0) is 29.8 Å². The third-order valence-electron chi connectivity index (χ3n) is 4.07. The minimum atomic E-state index is -0.819. The smallest absolute Gasteiger partial charge is 0.407 e. The number of hydrogen-bond donors (Lipinski definition) is 2. The van der Waals surface area contributed by atoms with E-state index in [1.54, 1.807) is 0 Å². The van der Waals surface area contributed by atoms with Crippen LogP contribution in [-0.4, -0.2) is 47.2 Å². The minimum absolute atomic E-state index is 0.586. The predicted molar refractivity (Wildman–Crippen MR) is 91.0 cm³/mol. The number of carboxylic acid groups (broad SMARTS) is 1. The van der Waals surface area contributed by atoms with Crippen molar-refractivity contribution in [2.24, 2.45) is 0 Å². The fourth-order valence-electron chi connectivity index (χ4n) is 2.74. The Kier molecular flexibility index (Phi) is 4.78. The van der Waals surface area contributed by atoms with Crippen LogP contribution in [0.15, 0.2) is 54.6 Å². The van der Waals surface area contributed by atoms with Gasteiger partial charge >= 0.3 is 6.09 Å². The molecule has 23 heavy (non-hydrogen) atoms. The van der Waals surface area contributed by atoms with E-state index >= 15 is 0 Å². The van der Waals surface area contributed by atoms with Gasteiger partial charge in [-0.1, -0.05) is 30.3 Å². The SMILES string of the molecule is O=C(O)N1CCN(Cc2ccc(Nc3ccccc3)cc2)CC1. The number of nitrogens with zero attached hydrogens (tertiary/aromatic N) is 2. The van der Waals surface area contributed by atoms with Crippen molar-refractivity contribution in [3.05, 3.63) is 60.2 Å². The van der Waals surface area contributed by atoms with E-state index in [1.165, 1.54) is 10.5 Å². The predicted octanol–water partition coefficient (Wildman–Crippen LogP) is 3.23. The first-order valence-corrected chi connectivity index (χ1v) is 7.82.